The maximum atomic E-state index is 13.4. The van der Waals surface area contributed by atoms with Crippen molar-refractivity contribution in [1.29, 1.82) is 0 Å². The van der Waals surface area contributed by atoms with E-state index in [0.29, 0.717) is 6.42 Å². The minimum atomic E-state index is -0.930. The molecule has 0 fully saturated rings. The Balaban J connectivity index is 1.52. The third-order valence-electron chi connectivity index (χ3n) is 6.03. The van der Waals surface area contributed by atoms with E-state index in [-0.39, 0.29) is 19.6 Å². The third kappa shape index (κ3) is 6.08. The summed E-state index contributed by atoms with van der Waals surface area (Å²) in [5, 5.41) is 2.77. The minimum Gasteiger partial charge on any atom is -0.445 e. The molecule has 2 atom stereocenters. The maximum Gasteiger partial charge on any atom is 0.411 e. The van der Waals surface area contributed by atoms with Crippen molar-refractivity contribution < 1.29 is 19.1 Å². The third-order valence-corrected chi connectivity index (χ3v) is 6.81. The van der Waals surface area contributed by atoms with Crippen LogP contribution in [0.1, 0.15) is 22.3 Å². The van der Waals surface area contributed by atoms with E-state index in [4.69, 9.17) is 10.5 Å². The molecule has 0 unspecified atom stereocenters. The highest BCUT2D eigenvalue weighted by atomic mass is 79.9. The van der Waals surface area contributed by atoms with Gasteiger partial charge in [0, 0.05) is 17.3 Å². The number of ether oxygens (including phenoxy) is 1. The second kappa shape index (κ2) is 11.2. The monoisotopic (exact) mass is 535 g/mol. The number of carbonyl (C=O) groups excluding carboxylic acids is 3. The van der Waals surface area contributed by atoms with Crippen molar-refractivity contribution in [2.75, 3.05) is 0 Å². The highest BCUT2D eigenvalue weighted by molar-refractivity contribution is 9.10. The van der Waals surface area contributed by atoms with Gasteiger partial charge in [0.1, 0.15) is 18.7 Å². The SMILES string of the molecule is NC(=O)[C@@H](Cc1ccccc1Br)NC(=O)[C@@H]1Cc2ccccc2CN1C(=O)OCc1ccccc1. The fourth-order valence-corrected chi connectivity index (χ4v) is 4.57. The van der Waals surface area contributed by atoms with Crippen molar-refractivity contribution in [3.05, 3.63) is 106 Å². The van der Waals surface area contributed by atoms with Crippen molar-refractivity contribution >= 4 is 33.8 Å². The highest BCUT2D eigenvalue weighted by Gasteiger charge is 2.37. The number of rotatable bonds is 7. The summed E-state index contributed by atoms with van der Waals surface area (Å²) in [4.78, 5) is 40.1. The van der Waals surface area contributed by atoms with Crippen LogP contribution in [0.4, 0.5) is 4.79 Å². The molecule has 180 valence electrons. The Labute approximate surface area is 212 Å². The van der Waals surface area contributed by atoms with Crippen LogP contribution in [0.15, 0.2) is 83.3 Å². The molecule has 3 aromatic carbocycles. The molecule has 3 aromatic rings. The fourth-order valence-electron chi connectivity index (χ4n) is 4.13. The van der Waals surface area contributed by atoms with Crippen molar-refractivity contribution in [2.45, 2.75) is 38.1 Å². The van der Waals surface area contributed by atoms with Gasteiger partial charge >= 0.3 is 6.09 Å². The second-order valence-corrected chi connectivity index (χ2v) is 9.27. The maximum absolute atomic E-state index is 13.4. The van der Waals surface area contributed by atoms with Crippen LogP contribution in [0.25, 0.3) is 0 Å². The molecule has 1 aliphatic heterocycles. The minimum absolute atomic E-state index is 0.0953. The normalized spacial score (nSPS) is 15.6. The Bertz CT molecular complexity index is 1220. The molecule has 0 saturated carbocycles. The van der Waals surface area contributed by atoms with Crippen LogP contribution >= 0.6 is 15.9 Å². The van der Waals surface area contributed by atoms with E-state index < -0.39 is 30.0 Å². The molecule has 1 aliphatic rings. The number of nitrogens with one attached hydrogen (secondary N) is 1. The van der Waals surface area contributed by atoms with Crippen molar-refractivity contribution in [2.24, 2.45) is 5.73 Å². The molecule has 0 radical (unpaired) electrons. The summed E-state index contributed by atoms with van der Waals surface area (Å²) in [6.45, 7) is 0.325. The Hall–Kier alpha value is -3.65. The second-order valence-electron chi connectivity index (χ2n) is 8.42. The first-order chi connectivity index (χ1) is 16.9. The zero-order chi connectivity index (χ0) is 24.8. The average Bonchev–Trinajstić information content (AvgIpc) is 2.87. The van der Waals surface area contributed by atoms with Crippen LogP contribution in [0.3, 0.4) is 0 Å². The fraction of sp³-hybridized carbons (Fsp3) is 0.222. The summed E-state index contributed by atoms with van der Waals surface area (Å²) < 4.78 is 6.35. The summed E-state index contributed by atoms with van der Waals surface area (Å²) in [6.07, 6.45) is -0.0577. The van der Waals surface area contributed by atoms with E-state index in [1.807, 2.05) is 78.9 Å². The molecule has 0 aromatic heterocycles. The van der Waals surface area contributed by atoms with Gasteiger partial charge in [0.2, 0.25) is 11.8 Å². The summed E-state index contributed by atoms with van der Waals surface area (Å²) in [5.41, 5.74) is 9.23. The van der Waals surface area contributed by atoms with Gasteiger partial charge in [0.25, 0.3) is 0 Å². The smallest absolute Gasteiger partial charge is 0.411 e. The quantitative estimate of drug-likeness (QED) is 0.481. The molecule has 0 bridgehead atoms. The zero-order valence-corrected chi connectivity index (χ0v) is 20.6. The number of halogens is 1. The number of primary amides is 1. The number of nitrogens with two attached hydrogens (primary N) is 1. The van der Waals surface area contributed by atoms with Gasteiger partial charge < -0.3 is 15.8 Å². The number of fused-ring (bicyclic) bond motifs is 1. The molecular formula is C27H26BrN3O4. The molecule has 7 nitrogen and oxygen atoms in total. The first kappa shape index (κ1) is 24.5. The molecule has 4 rings (SSSR count). The molecule has 0 spiro atoms. The number of hydrogen-bond acceptors (Lipinski definition) is 4. The standard InChI is InChI=1S/C27H26BrN3O4/c28-22-13-7-6-11-20(22)14-23(25(29)32)30-26(33)24-15-19-10-4-5-12-21(19)16-31(24)27(34)35-17-18-8-2-1-3-9-18/h1-13,23-24H,14-17H2,(H2,29,32)(H,30,33)/t23-,24+/m1/s1. The Morgan fingerprint density at radius 2 is 1.63 bits per heavy atom. The van der Waals surface area contributed by atoms with Crippen LogP contribution in [-0.2, 0) is 40.3 Å². The lowest BCUT2D eigenvalue weighted by Gasteiger charge is -2.35. The molecule has 0 aliphatic carbocycles. The van der Waals surface area contributed by atoms with Gasteiger partial charge in [-0.15, -0.1) is 0 Å². The van der Waals surface area contributed by atoms with Crippen LogP contribution in [0.2, 0.25) is 0 Å². The van der Waals surface area contributed by atoms with Gasteiger partial charge in [-0.2, -0.15) is 0 Å². The van der Waals surface area contributed by atoms with Crippen LogP contribution < -0.4 is 11.1 Å². The van der Waals surface area contributed by atoms with Gasteiger partial charge in [0.05, 0.1) is 6.54 Å². The van der Waals surface area contributed by atoms with Gasteiger partial charge in [-0.05, 0) is 28.3 Å². The number of carbonyl (C=O) groups is 3. The number of amides is 3. The first-order valence-corrected chi connectivity index (χ1v) is 12.1. The van der Waals surface area contributed by atoms with Gasteiger partial charge in [-0.1, -0.05) is 88.7 Å². The van der Waals surface area contributed by atoms with Gasteiger partial charge in [0.15, 0.2) is 0 Å². The Kier molecular flexibility index (Phi) is 7.82. The van der Waals surface area contributed by atoms with E-state index in [2.05, 4.69) is 21.2 Å². The highest BCUT2D eigenvalue weighted by Crippen LogP contribution is 2.25. The molecule has 0 saturated heterocycles. The lowest BCUT2D eigenvalue weighted by molar-refractivity contribution is -0.131. The molecule has 35 heavy (non-hydrogen) atoms. The zero-order valence-electron chi connectivity index (χ0n) is 19.0. The first-order valence-electron chi connectivity index (χ1n) is 11.3. The molecule has 3 N–H and O–H groups in total. The van der Waals surface area contributed by atoms with E-state index in [1.165, 1.54) is 4.90 Å². The summed E-state index contributed by atoms with van der Waals surface area (Å²) in [5.74, 6) is -1.10. The topological polar surface area (TPSA) is 102 Å². The van der Waals surface area contributed by atoms with Gasteiger partial charge in [-0.25, -0.2) is 4.79 Å². The number of hydrogen-bond donors (Lipinski definition) is 2. The van der Waals surface area contributed by atoms with Crippen molar-refractivity contribution in [3.63, 3.8) is 0 Å². The largest absolute Gasteiger partial charge is 0.445 e. The van der Waals surface area contributed by atoms with Crippen molar-refractivity contribution in [3.8, 4) is 0 Å². The summed E-state index contributed by atoms with van der Waals surface area (Å²) >= 11 is 3.47. The number of benzene rings is 3. The van der Waals surface area contributed by atoms with Crippen molar-refractivity contribution in [1.82, 2.24) is 10.2 Å². The van der Waals surface area contributed by atoms with Crippen LogP contribution in [-0.4, -0.2) is 34.9 Å². The van der Waals surface area contributed by atoms with Gasteiger partial charge in [-0.3, -0.25) is 14.5 Å². The number of nitrogens with zero attached hydrogens (tertiary/aromatic N) is 1. The Morgan fingerprint density at radius 3 is 2.34 bits per heavy atom. The summed E-state index contributed by atoms with van der Waals surface area (Å²) in [7, 11) is 0. The van der Waals surface area contributed by atoms with Crippen LogP contribution in [0.5, 0.6) is 0 Å². The Morgan fingerprint density at radius 1 is 0.971 bits per heavy atom. The lowest BCUT2D eigenvalue weighted by Crippen LogP contribution is -2.56. The van der Waals surface area contributed by atoms with E-state index in [1.54, 1.807) is 0 Å². The molecule has 8 heteroatoms. The molecular weight excluding hydrogens is 510 g/mol. The van der Waals surface area contributed by atoms with E-state index in [0.717, 1.165) is 26.7 Å². The molecule has 3 amide bonds. The lowest BCUT2D eigenvalue weighted by atomic mass is 9.93. The summed E-state index contributed by atoms with van der Waals surface area (Å²) in [6, 6.07) is 22.7. The predicted octanol–water partition coefficient (Wildman–Crippen LogP) is 3.73. The van der Waals surface area contributed by atoms with Crippen LogP contribution in [0, 0.1) is 0 Å². The molecule has 1 heterocycles. The predicted molar refractivity (Wildman–Crippen MR) is 135 cm³/mol. The van der Waals surface area contributed by atoms with E-state index >= 15 is 0 Å². The van der Waals surface area contributed by atoms with E-state index in [9.17, 15) is 14.4 Å². The average molecular weight is 536 g/mol.